The van der Waals surface area contributed by atoms with E-state index in [1.807, 2.05) is 44.3 Å². The van der Waals surface area contributed by atoms with Crippen molar-refractivity contribution in [2.24, 2.45) is 13.0 Å². The van der Waals surface area contributed by atoms with E-state index in [1.54, 1.807) is 27.6 Å². The lowest BCUT2D eigenvalue weighted by atomic mass is 9.93. The van der Waals surface area contributed by atoms with E-state index in [1.165, 1.54) is 19.2 Å². The van der Waals surface area contributed by atoms with Crippen molar-refractivity contribution in [2.45, 2.75) is 43.3 Å². The first-order chi connectivity index (χ1) is 21.6. The number of hydrogen-bond acceptors (Lipinski definition) is 8. The molecule has 2 aliphatic rings. The molecule has 2 unspecified atom stereocenters. The molecule has 1 saturated carbocycles. The van der Waals surface area contributed by atoms with Gasteiger partial charge < -0.3 is 24.6 Å². The fourth-order valence-corrected chi connectivity index (χ4v) is 6.84. The molecule has 0 radical (unpaired) electrons. The average molecular weight is 641 g/mol. The number of rotatable bonds is 14. The van der Waals surface area contributed by atoms with Gasteiger partial charge in [-0.15, -0.1) is 0 Å². The largest absolute Gasteiger partial charge is 0.497 e. The Bertz CT molecular complexity index is 1680. The number of hydrogen-bond donors (Lipinski definition) is 2. The number of ether oxygens (including phenoxy) is 3. The van der Waals surface area contributed by atoms with Gasteiger partial charge in [-0.2, -0.15) is 4.31 Å². The first-order valence-corrected chi connectivity index (χ1v) is 16.4. The van der Waals surface area contributed by atoms with Crippen LogP contribution < -0.4 is 15.6 Å². The van der Waals surface area contributed by atoms with Gasteiger partial charge in [0.05, 0.1) is 30.9 Å². The summed E-state index contributed by atoms with van der Waals surface area (Å²) >= 11 is 0. The summed E-state index contributed by atoms with van der Waals surface area (Å²) < 4.78 is 48.3. The smallest absolute Gasteiger partial charge is 0.286 e. The number of nitrogens with zero attached hydrogens (tertiary/aromatic N) is 3. The molecule has 3 aromatic rings. The summed E-state index contributed by atoms with van der Waals surface area (Å²) in [6.45, 7) is 1.73. The van der Waals surface area contributed by atoms with Crippen LogP contribution in [0, 0.1) is 12.8 Å². The molecule has 242 valence electrons. The lowest BCUT2D eigenvalue weighted by Gasteiger charge is -2.29. The SMILES string of the molecule is COc1ccc(S(=O)(=O)N(CCO)CCOC2CC(c3c(C)n(C)n(-c4ccccc4)c3=O)C=C(C(=O)NCC3CC3)O2)cc1. The molecule has 2 aromatic carbocycles. The fraction of sp³-hybridized carbons (Fsp3) is 0.438. The number of nitrogens with one attached hydrogen (secondary N) is 1. The Morgan fingerprint density at radius 1 is 1.11 bits per heavy atom. The molecule has 1 aliphatic carbocycles. The van der Waals surface area contributed by atoms with E-state index in [9.17, 15) is 23.1 Å². The van der Waals surface area contributed by atoms with Gasteiger partial charge in [-0.1, -0.05) is 18.2 Å². The Kier molecular flexibility index (Phi) is 10.1. The van der Waals surface area contributed by atoms with Crippen molar-refractivity contribution in [3.63, 3.8) is 0 Å². The van der Waals surface area contributed by atoms with Gasteiger partial charge in [-0.25, -0.2) is 13.1 Å². The zero-order chi connectivity index (χ0) is 32.1. The molecule has 0 saturated heterocycles. The molecule has 13 heteroatoms. The highest BCUT2D eigenvalue weighted by atomic mass is 32.2. The summed E-state index contributed by atoms with van der Waals surface area (Å²) in [5, 5.41) is 12.5. The molecule has 2 N–H and O–H groups in total. The number of para-hydroxylation sites is 1. The maximum Gasteiger partial charge on any atom is 0.286 e. The fourth-order valence-electron chi connectivity index (χ4n) is 5.43. The molecule has 5 rings (SSSR count). The predicted octanol–water partition coefficient (Wildman–Crippen LogP) is 2.43. The Morgan fingerprint density at radius 3 is 2.47 bits per heavy atom. The van der Waals surface area contributed by atoms with Crippen LogP contribution >= 0.6 is 0 Å². The average Bonchev–Trinajstić information content (AvgIpc) is 3.85. The second-order valence-corrected chi connectivity index (χ2v) is 13.2. The predicted molar refractivity (Wildman–Crippen MR) is 167 cm³/mol. The van der Waals surface area contributed by atoms with Crippen LogP contribution in [0.1, 0.15) is 36.4 Å². The number of sulfonamides is 1. The summed E-state index contributed by atoms with van der Waals surface area (Å²) in [4.78, 5) is 27.0. The standard InChI is InChI=1S/C32H40N4O8S/c1-22-30(32(39)36(34(22)2)25-7-5-4-6-8-25)24-19-28(31(38)33-21-23-9-10-23)44-29(20-24)43-18-16-35(15-17-37)45(40,41)27-13-11-26(42-3)12-14-27/h4-8,11-14,19,23-24,29,37H,9-10,15-18,20-21H2,1-3H3,(H,33,38). The van der Waals surface area contributed by atoms with E-state index in [0.717, 1.165) is 22.8 Å². The lowest BCUT2D eigenvalue weighted by Crippen LogP contribution is -2.38. The summed E-state index contributed by atoms with van der Waals surface area (Å²) in [7, 11) is -0.639. The van der Waals surface area contributed by atoms with Crippen molar-refractivity contribution in [3.8, 4) is 11.4 Å². The van der Waals surface area contributed by atoms with Gasteiger partial charge in [0.1, 0.15) is 5.75 Å². The minimum Gasteiger partial charge on any atom is -0.497 e. The molecule has 2 atom stereocenters. The highest BCUT2D eigenvalue weighted by molar-refractivity contribution is 7.89. The number of benzene rings is 2. The number of allylic oxidation sites excluding steroid dienone is 1. The molecule has 2 heterocycles. The van der Waals surface area contributed by atoms with Gasteiger partial charge in [0, 0.05) is 50.3 Å². The van der Waals surface area contributed by atoms with Gasteiger partial charge in [-0.3, -0.25) is 14.3 Å². The number of aromatic nitrogens is 2. The van der Waals surface area contributed by atoms with Crippen molar-refractivity contribution in [2.75, 3.05) is 40.0 Å². The van der Waals surface area contributed by atoms with Gasteiger partial charge >= 0.3 is 0 Å². The highest BCUT2D eigenvalue weighted by Gasteiger charge is 2.34. The van der Waals surface area contributed by atoms with E-state index in [2.05, 4.69) is 5.32 Å². The molecule has 1 aromatic heterocycles. The lowest BCUT2D eigenvalue weighted by molar-refractivity contribution is -0.146. The van der Waals surface area contributed by atoms with E-state index in [-0.39, 0.29) is 54.8 Å². The monoisotopic (exact) mass is 640 g/mol. The topological polar surface area (TPSA) is 141 Å². The van der Waals surface area contributed by atoms with E-state index >= 15 is 0 Å². The van der Waals surface area contributed by atoms with Crippen molar-refractivity contribution in [1.82, 2.24) is 19.0 Å². The number of carbonyl (C=O) groups excluding carboxylic acids is 1. The Labute approximate surface area is 262 Å². The van der Waals surface area contributed by atoms with Crippen LogP contribution in [0.25, 0.3) is 5.69 Å². The highest BCUT2D eigenvalue weighted by Crippen LogP contribution is 2.33. The second-order valence-electron chi connectivity index (χ2n) is 11.2. The van der Waals surface area contributed by atoms with Crippen LogP contribution in [0.2, 0.25) is 0 Å². The molecular formula is C32H40N4O8S. The maximum atomic E-state index is 13.8. The molecular weight excluding hydrogens is 600 g/mol. The quantitative estimate of drug-likeness (QED) is 0.274. The Hall–Kier alpha value is -3.91. The molecule has 0 bridgehead atoms. The van der Waals surface area contributed by atoms with Crippen LogP contribution in [0.15, 0.2) is 76.1 Å². The van der Waals surface area contributed by atoms with Crippen LogP contribution in [0.5, 0.6) is 5.75 Å². The number of amides is 1. The summed E-state index contributed by atoms with van der Waals surface area (Å²) in [5.74, 6) is 0.153. The van der Waals surface area contributed by atoms with E-state index in [4.69, 9.17) is 14.2 Å². The van der Waals surface area contributed by atoms with Gasteiger partial charge in [0.2, 0.25) is 16.3 Å². The summed E-state index contributed by atoms with van der Waals surface area (Å²) in [6, 6.07) is 15.3. The summed E-state index contributed by atoms with van der Waals surface area (Å²) in [6.07, 6.45) is 3.12. The number of aliphatic hydroxyl groups is 1. The van der Waals surface area contributed by atoms with E-state index < -0.39 is 22.2 Å². The number of methoxy groups -OCH3 is 1. The second kappa shape index (κ2) is 14.0. The van der Waals surface area contributed by atoms with E-state index in [0.29, 0.717) is 29.5 Å². The van der Waals surface area contributed by atoms with Crippen molar-refractivity contribution < 1.29 is 32.5 Å². The van der Waals surface area contributed by atoms with Gasteiger partial charge in [-0.05, 0) is 68.2 Å². The molecule has 45 heavy (non-hydrogen) atoms. The summed E-state index contributed by atoms with van der Waals surface area (Å²) in [5.41, 5.74) is 1.77. The van der Waals surface area contributed by atoms with Crippen molar-refractivity contribution >= 4 is 15.9 Å². The molecule has 1 fully saturated rings. The van der Waals surface area contributed by atoms with Crippen molar-refractivity contribution in [3.05, 3.63) is 88.0 Å². The third-order valence-electron chi connectivity index (χ3n) is 8.19. The normalized spacial score (nSPS) is 18.4. The Morgan fingerprint density at radius 2 is 1.82 bits per heavy atom. The van der Waals surface area contributed by atoms with Crippen molar-refractivity contribution in [1.29, 1.82) is 0 Å². The third-order valence-corrected chi connectivity index (χ3v) is 10.1. The molecule has 0 spiro atoms. The maximum absolute atomic E-state index is 13.8. The number of aliphatic hydroxyl groups excluding tert-OH is 1. The first-order valence-electron chi connectivity index (χ1n) is 15.0. The van der Waals surface area contributed by atoms with Gasteiger partial charge in [0.25, 0.3) is 11.5 Å². The molecule has 1 amide bonds. The zero-order valence-electron chi connectivity index (χ0n) is 25.7. The number of carbonyl (C=O) groups is 1. The van der Waals surface area contributed by atoms with Crippen LogP contribution in [-0.4, -0.2) is 79.3 Å². The molecule has 1 aliphatic heterocycles. The zero-order valence-corrected chi connectivity index (χ0v) is 26.5. The Balaban J connectivity index is 1.36. The minimum atomic E-state index is -3.94. The third kappa shape index (κ3) is 7.33. The molecule has 12 nitrogen and oxygen atoms in total. The van der Waals surface area contributed by atoms with Crippen LogP contribution in [0.4, 0.5) is 0 Å². The first kappa shape index (κ1) is 32.5. The van der Waals surface area contributed by atoms with Crippen LogP contribution in [0.3, 0.4) is 0 Å². The van der Waals surface area contributed by atoms with Gasteiger partial charge in [0.15, 0.2) is 5.76 Å². The minimum absolute atomic E-state index is 0.0533. The van der Waals surface area contributed by atoms with Crippen LogP contribution in [-0.2, 0) is 31.3 Å².